The standard InChI is InChI=1S/C34H30O9/c1-18(35)42-24-14-25-31-28(17-24)43-33(37)34(31,20-8-12-22(39-3)13-9-20)26-15-23(40-4)16-27(41-5)30(26)29(32(25)36)19-6-10-21(38-2)11-7-19/h6-17,29,32,36H,1-5H3. The highest BCUT2D eigenvalue weighted by molar-refractivity contribution is 6.00. The number of aliphatic hydroxyl groups excluding tert-OH is 1. The quantitative estimate of drug-likeness (QED) is 0.236. The molecule has 9 heteroatoms. The van der Waals surface area contributed by atoms with Crippen LogP contribution >= 0.6 is 0 Å². The first kappa shape index (κ1) is 28.1. The van der Waals surface area contributed by atoms with Gasteiger partial charge in [-0.05, 0) is 58.7 Å². The number of benzene rings is 4. The fourth-order valence-electron chi connectivity index (χ4n) is 6.35. The molecule has 1 aliphatic heterocycles. The van der Waals surface area contributed by atoms with Crippen molar-refractivity contribution in [2.24, 2.45) is 0 Å². The van der Waals surface area contributed by atoms with E-state index in [1.54, 1.807) is 68.8 Å². The molecule has 0 saturated heterocycles. The summed E-state index contributed by atoms with van der Waals surface area (Å²) in [7, 11) is 6.20. The molecule has 4 aromatic rings. The van der Waals surface area contributed by atoms with Crippen molar-refractivity contribution in [3.8, 4) is 34.5 Å². The number of hydrogen-bond acceptors (Lipinski definition) is 9. The van der Waals surface area contributed by atoms with Crippen LogP contribution in [0.2, 0.25) is 0 Å². The van der Waals surface area contributed by atoms with Gasteiger partial charge in [0.25, 0.3) is 0 Å². The summed E-state index contributed by atoms with van der Waals surface area (Å²) in [6.45, 7) is 1.28. The van der Waals surface area contributed by atoms with Crippen LogP contribution in [0.15, 0.2) is 72.8 Å². The van der Waals surface area contributed by atoms with Crippen LogP contribution in [0.3, 0.4) is 0 Å². The molecule has 9 nitrogen and oxygen atoms in total. The molecule has 1 heterocycles. The van der Waals surface area contributed by atoms with Crippen molar-refractivity contribution in [2.75, 3.05) is 28.4 Å². The third kappa shape index (κ3) is 4.27. The second-order valence-electron chi connectivity index (χ2n) is 10.3. The second kappa shape index (κ2) is 10.7. The number of ether oxygens (including phenoxy) is 6. The zero-order valence-corrected chi connectivity index (χ0v) is 24.3. The lowest BCUT2D eigenvalue weighted by Crippen LogP contribution is -2.37. The molecular weight excluding hydrogens is 552 g/mol. The van der Waals surface area contributed by atoms with Gasteiger partial charge in [0, 0.05) is 36.1 Å². The van der Waals surface area contributed by atoms with Crippen molar-refractivity contribution >= 4 is 11.9 Å². The normalized spacial score (nSPS) is 19.8. The van der Waals surface area contributed by atoms with E-state index in [-0.39, 0.29) is 11.5 Å². The summed E-state index contributed by atoms with van der Waals surface area (Å²) in [4.78, 5) is 26.4. The Morgan fingerprint density at radius 2 is 1.42 bits per heavy atom. The first-order chi connectivity index (χ1) is 20.8. The smallest absolute Gasteiger partial charge is 0.331 e. The van der Waals surface area contributed by atoms with Gasteiger partial charge in [0.05, 0.1) is 34.5 Å². The van der Waals surface area contributed by atoms with E-state index >= 15 is 0 Å². The Balaban J connectivity index is 1.79. The highest BCUT2D eigenvalue weighted by Gasteiger charge is 2.58. The summed E-state index contributed by atoms with van der Waals surface area (Å²) < 4.78 is 33.8. The van der Waals surface area contributed by atoms with E-state index in [9.17, 15) is 14.7 Å². The van der Waals surface area contributed by atoms with Crippen LogP contribution in [0, 0.1) is 0 Å². The average molecular weight is 583 g/mol. The van der Waals surface area contributed by atoms with Gasteiger partial charge in [0.15, 0.2) is 0 Å². The minimum absolute atomic E-state index is 0.141. The molecule has 0 spiro atoms. The average Bonchev–Trinajstić information content (AvgIpc) is 3.27. The summed E-state index contributed by atoms with van der Waals surface area (Å²) in [5.74, 6) is 0.557. The Kier molecular flexibility index (Phi) is 6.98. The van der Waals surface area contributed by atoms with Crippen molar-refractivity contribution in [3.63, 3.8) is 0 Å². The van der Waals surface area contributed by atoms with Crippen LogP contribution in [-0.2, 0) is 15.0 Å². The first-order valence-electron chi connectivity index (χ1n) is 13.6. The van der Waals surface area contributed by atoms with Gasteiger partial charge in [-0.2, -0.15) is 0 Å². The highest BCUT2D eigenvalue weighted by Crippen LogP contribution is 2.61. The minimum Gasteiger partial charge on any atom is -0.497 e. The van der Waals surface area contributed by atoms with Crippen LogP contribution in [0.5, 0.6) is 34.5 Å². The molecule has 6 rings (SSSR count). The predicted molar refractivity (Wildman–Crippen MR) is 156 cm³/mol. The molecule has 2 aliphatic rings. The van der Waals surface area contributed by atoms with Crippen LogP contribution in [-0.4, -0.2) is 45.5 Å². The Labute approximate surface area is 248 Å². The van der Waals surface area contributed by atoms with E-state index in [2.05, 4.69) is 0 Å². The topological polar surface area (TPSA) is 110 Å². The maximum Gasteiger partial charge on any atom is 0.331 e. The van der Waals surface area contributed by atoms with E-state index in [1.165, 1.54) is 27.2 Å². The van der Waals surface area contributed by atoms with Crippen molar-refractivity contribution in [1.82, 2.24) is 0 Å². The number of carbonyl (C=O) groups excluding carboxylic acids is 2. The highest BCUT2D eigenvalue weighted by atomic mass is 16.6. The number of rotatable bonds is 7. The van der Waals surface area contributed by atoms with Crippen LogP contribution in [0.25, 0.3) is 0 Å². The lowest BCUT2D eigenvalue weighted by atomic mass is 9.68. The largest absolute Gasteiger partial charge is 0.497 e. The van der Waals surface area contributed by atoms with Crippen molar-refractivity contribution in [3.05, 3.63) is 106 Å². The van der Waals surface area contributed by atoms with E-state index in [0.29, 0.717) is 50.8 Å². The van der Waals surface area contributed by atoms with Crippen LogP contribution in [0.1, 0.15) is 52.3 Å². The molecule has 0 bridgehead atoms. The summed E-state index contributed by atoms with van der Waals surface area (Å²) in [6.07, 6.45) is -1.23. The van der Waals surface area contributed by atoms with Gasteiger partial charge in [0.1, 0.15) is 39.9 Å². The predicted octanol–water partition coefficient (Wildman–Crippen LogP) is 5.08. The van der Waals surface area contributed by atoms with Crippen LogP contribution < -0.4 is 28.4 Å². The number of methoxy groups -OCH3 is 4. The molecule has 0 amide bonds. The number of fused-ring (bicyclic) bond motifs is 2. The Hall–Kier alpha value is -5.02. The molecule has 1 aliphatic carbocycles. The Bertz CT molecular complexity index is 1730. The third-order valence-corrected chi connectivity index (χ3v) is 8.17. The summed E-state index contributed by atoms with van der Waals surface area (Å²) in [6, 6.07) is 21.1. The molecule has 4 aromatic carbocycles. The second-order valence-corrected chi connectivity index (χ2v) is 10.3. The van der Waals surface area contributed by atoms with Crippen LogP contribution in [0.4, 0.5) is 0 Å². The van der Waals surface area contributed by atoms with E-state index in [0.717, 1.165) is 5.56 Å². The molecule has 3 unspecified atom stereocenters. The fraction of sp³-hybridized carbons (Fsp3) is 0.235. The fourth-order valence-corrected chi connectivity index (χ4v) is 6.35. The maximum absolute atomic E-state index is 14.5. The third-order valence-electron chi connectivity index (χ3n) is 8.17. The number of hydrogen-bond donors (Lipinski definition) is 1. The zero-order valence-electron chi connectivity index (χ0n) is 24.3. The monoisotopic (exact) mass is 582 g/mol. The van der Waals surface area contributed by atoms with E-state index < -0.39 is 29.4 Å². The first-order valence-corrected chi connectivity index (χ1v) is 13.6. The molecule has 0 saturated carbocycles. The molecule has 3 atom stereocenters. The van der Waals surface area contributed by atoms with Gasteiger partial charge < -0.3 is 33.5 Å². The lowest BCUT2D eigenvalue weighted by Gasteiger charge is -2.31. The summed E-state index contributed by atoms with van der Waals surface area (Å²) in [5.41, 5.74) is 1.68. The summed E-state index contributed by atoms with van der Waals surface area (Å²) in [5, 5.41) is 12.4. The maximum atomic E-state index is 14.5. The number of aliphatic hydroxyl groups is 1. The van der Waals surface area contributed by atoms with Gasteiger partial charge in [-0.15, -0.1) is 0 Å². The van der Waals surface area contributed by atoms with E-state index in [4.69, 9.17) is 28.4 Å². The Morgan fingerprint density at radius 1 is 0.791 bits per heavy atom. The number of esters is 2. The van der Waals surface area contributed by atoms with Crippen molar-refractivity contribution in [2.45, 2.75) is 24.4 Å². The molecule has 220 valence electrons. The van der Waals surface area contributed by atoms with Gasteiger partial charge in [-0.25, -0.2) is 4.79 Å². The molecule has 0 aromatic heterocycles. The molecule has 0 radical (unpaired) electrons. The van der Waals surface area contributed by atoms with E-state index in [1.807, 2.05) is 12.1 Å². The Morgan fingerprint density at radius 3 is 2.00 bits per heavy atom. The molecule has 0 fully saturated rings. The number of carbonyl (C=O) groups is 2. The zero-order chi connectivity index (χ0) is 30.5. The molecule has 43 heavy (non-hydrogen) atoms. The minimum atomic E-state index is -1.55. The molecular formula is C34H30O9. The lowest BCUT2D eigenvalue weighted by molar-refractivity contribution is -0.135. The van der Waals surface area contributed by atoms with Crippen molar-refractivity contribution in [1.29, 1.82) is 0 Å². The SMILES string of the molecule is COc1ccc(C2c3c(OC)cc(OC)cc3C3(c4ccc(OC)cc4)C(=O)Oc4cc(OC(C)=O)cc(c43)C2O)cc1. The van der Waals surface area contributed by atoms with Gasteiger partial charge in [-0.3, -0.25) is 4.79 Å². The van der Waals surface area contributed by atoms with Crippen molar-refractivity contribution < 1.29 is 43.1 Å². The van der Waals surface area contributed by atoms with Gasteiger partial charge in [-0.1, -0.05) is 24.3 Å². The van der Waals surface area contributed by atoms with Gasteiger partial charge >= 0.3 is 11.9 Å². The summed E-state index contributed by atoms with van der Waals surface area (Å²) >= 11 is 0. The van der Waals surface area contributed by atoms with Gasteiger partial charge in [0.2, 0.25) is 0 Å². The molecule has 1 N–H and O–H groups in total.